The highest BCUT2D eigenvalue weighted by Crippen LogP contribution is 2.26. The topological polar surface area (TPSA) is 86.7 Å². The molecule has 8 heteroatoms. The smallest absolute Gasteiger partial charge is 0.278 e. The molecule has 0 bridgehead atoms. The van der Waals surface area contributed by atoms with Gasteiger partial charge in [-0.05, 0) is 24.3 Å². The minimum atomic E-state index is -0.266. The lowest BCUT2D eigenvalue weighted by molar-refractivity contribution is 0.458. The number of rotatable bonds is 3. The van der Waals surface area contributed by atoms with E-state index in [0.717, 1.165) is 0 Å². The quantitative estimate of drug-likeness (QED) is 0.570. The van der Waals surface area contributed by atoms with E-state index in [9.17, 15) is 4.79 Å². The highest BCUT2D eigenvalue weighted by atomic mass is 35.5. The Kier molecular flexibility index (Phi) is 3.55. The van der Waals surface area contributed by atoms with Crippen molar-refractivity contribution in [3.63, 3.8) is 0 Å². The molecule has 0 atom stereocenters. The van der Waals surface area contributed by atoms with Crippen molar-refractivity contribution < 1.29 is 4.42 Å². The van der Waals surface area contributed by atoms with Crippen LogP contribution in [0.1, 0.15) is 5.89 Å². The van der Waals surface area contributed by atoms with E-state index in [1.807, 2.05) is 12.1 Å². The van der Waals surface area contributed by atoms with Crippen LogP contribution >= 0.6 is 11.6 Å². The first-order chi connectivity index (χ1) is 11.7. The molecule has 2 aromatic heterocycles. The molecule has 0 aliphatic rings. The Morgan fingerprint density at radius 2 is 1.79 bits per heavy atom. The molecule has 0 aliphatic carbocycles. The second-order valence-electron chi connectivity index (χ2n) is 5.05. The number of hydrogen-bond donors (Lipinski definition) is 0. The van der Waals surface area contributed by atoms with Gasteiger partial charge in [-0.15, -0.1) is 15.3 Å². The Labute approximate surface area is 140 Å². The maximum absolute atomic E-state index is 12.4. The summed E-state index contributed by atoms with van der Waals surface area (Å²) in [6.45, 7) is 0.0358. The molecule has 0 spiro atoms. The molecule has 4 aromatic rings. The van der Waals surface area contributed by atoms with Gasteiger partial charge in [0.1, 0.15) is 12.1 Å². The van der Waals surface area contributed by atoms with E-state index in [4.69, 9.17) is 16.0 Å². The third-order valence-corrected chi connectivity index (χ3v) is 3.82. The van der Waals surface area contributed by atoms with Gasteiger partial charge >= 0.3 is 0 Å². The van der Waals surface area contributed by atoms with Crippen molar-refractivity contribution in [2.24, 2.45) is 0 Å². The van der Waals surface area contributed by atoms with E-state index in [-0.39, 0.29) is 23.9 Å². The van der Waals surface area contributed by atoms with Crippen LogP contribution in [0.15, 0.2) is 57.7 Å². The first-order valence-electron chi connectivity index (χ1n) is 7.12. The fourth-order valence-corrected chi connectivity index (χ4v) is 2.53. The van der Waals surface area contributed by atoms with E-state index in [1.165, 1.54) is 4.68 Å². The summed E-state index contributed by atoms with van der Waals surface area (Å²) in [6, 6.07) is 14.2. The zero-order valence-corrected chi connectivity index (χ0v) is 13.0. The van der Waals surface area contributed by atoms with E-state index in [2.05, 4.69) is 20.5 Å². The van der Waals surface area contributed by atoms with Crippen LogP contribution < -0.4 is 5.56 Å². The highest BCUT2D eigenvalue weighted by Gasteiger charge is 2.13. The fraction of sp³-hybridized carbons (Fsp3) is 0.0625. The van der Waals surface area contributed by atoms with Crippen LogP contribution in [0.5, 0.6) is 0 Å². The van der Waals surface area contributed by atoms with Gasteiger partial charge in [-0.25, -0.2) is 4.68 Å². The van der Waals surface area contributed by atoms with Crippen LogP contribution in [0.3, 0.4) is 0 Å². The number of halogens is 1. The van der Waals surface area contributed by atoms with Crippen LogP contribution in [0.4, 0.5) is 0 Å². The van der Waals surface area contributed by atoms with E-state index < -0.39 is 0 Å². The predicted molar refractivity (Wildman–Crippen MR) is 87.6 cm³/mol. The summed E-state index contributed by atoms with van der Waals surface area (Å²) in [4.78, 5) is 12.4. The molecule has 0 unspecified atom stereocenters. The van der Waals surface area contributed by atoms with Gasteiger partial charge in [0.2, 0.25) is 11.8 Å². The minimum absolute atomic E-state index is 0.0358. The zero-order valence-electron chi connectivity index (χ0n) is 12.3. The number of benzene rings is 2. The standard InChI is InChI=1S/C16H10ClN5O2/c17-12-7-3-1-5-10(12)15-20-19-14(24-15)9-22-16(23)11-6-2-4-8-13(11)18-21-22/h1-8H,9H2. The second kappa shape index (κ2) is 5.86. The molecule has 4 rings (SSSR count). The zero-order chi connectivity index (χ0) is 16.5. The lowest BCUT2D eigenvalue weighted by Gasteiger charge is -2.01. The third-order valence-electron chi connectivity index (χ3n) is 3.49. The molecule has 7 nitrogen and oxygen atoms in total. The highest BCUT2D eigenvalue weighted by molar-refractivity contribution is 6.33. The summed E-state index contributed by atoms with van der Waals surface area (Å²) < 4.78 is 6.77. The minimum Gasteiger partial charge on any atom is -0.419 e. The van der Waals surface area contributed by atoms with E-state index >= 15 is 0 Å². The summed E-state index contributed by atoms with van der Waals surface area (Å²) in [5, 5.41) is 16.8. The monoisotopic (exact) mass is 339 g/mol. The molecule has 0 N–H and O–H groups in total. The van der Waals surface area contributed by atoms with Gasteiger partial charge in [0, 0.05) is 0 Å². The summed E-state index contributed by atoms with van der Waals surface area (Å²) in [7, 11) is 0. The van der Waals surface area contributed by atoms with Crippen molar-refractivity contribution in [1.82, 2.24) is 25.2 Å². The largest absolute Gasteiger partial charge is 0.419 e. The number of fused-ring (bicyclic) bond motifs is 1. The molecule has 0 aliphatic heterocycles. The lowest BCUT2D eigenvalue weighted by atomic mass is 10.2. The third kappa shape index (κ3) is 2.55. The Hall–Kier alpha value is -3.06. The van der Waals surface area contributed by atoms with Gasteiger partial charge in [-0.3, -0.25) is 4.79 Å². The molecular weight excluding hydrogens is 330 g/mol. The van der Waals surface area contributed by atoms with Gasteiger partial charge in [-0.1, -0.05) is 41.1 Å². The molecule has 2 aromatic carbocycles. The molecule has 0 radical (unpaired) electrons. The number of hydrogen-bond acceptors (Lipinski definition) is 6. The molecule has 0 saturated carbocycles. The van der Waals surface area contributed by atoms with Crippen LogP contribution in [0.25, 0.3) is 22.4 Å². The van der Waals surface area contributed by atoms with Gasteiger partial charge in [0.25, 0.3) is 5.56 Å². The summed E-state index contributed by atoms with van der Waals surface area (Å²) in [5.74, 6) is 0.536. The van der Waals surface area contributed by atoms with Gasteiger partial charge in [-0.2, -0.15) is 0 Å². The molecular formula is C16H10ClN5O2. The van der Waals surface area contributed by atoms with Crippen LogP contribution in [-0.4, -0.2) is 25.2 Å². The first kappa shape index (κ1) is 14.5. The second-order valence-corrected chi connectivity index (χ2v) is 5.46. The fourth-order valence-electron chi connectivity index (χ4n) is 2.32. The molecule has 0 amide bonds. The summed E-state index contributed by atoms with van der Waals surface area (Å²) >= 11 is 6.11. The van der Waals surface area contributed by atoms with Gasteiger partial charge < -0.3 is 4.42 Å². The lowest BCUT2D eigenvalue weighted by Crippen LogP contribution is -2.24. The van der Waals surface area contributed by atoms with Gasteiger partial charge in [0.05, 0.1) is 16.0 Å². The van der Waals surface area contributed by atoms with Crippen molar-refractivity contribution in [3.05, 3.63) is 69.8 Å². The van der Waals surface area contributed by atoms with Gasteiger partial charge in [0.15, 0.2) is 0 Å². The number of aromatic nitrogens is 5. The normalized spacial score (nSPS) is 11.0. The van der Waals surface area contributed by atoms with Crippen molar-refractivity contribution in [2.75, 3.05) is 0 Å². The van der Waals surface area contributed by atoms with E-state index in [0.29, 0.717) is 21.5 Å². The summed E-state index contributed by atoms with van der Waals surface area (Å²) in [6.07, 6.45) is 0. The van der Waals surface area contributed by atoms with Crippen molar-refractivity contribution in [2.45, 2.75) is 6.54 Å². The number of nitrogens with zero attached hydrogens (tertiary/aromatic N) is 5. The van der Waals surface area contributed by atoms with Crippen LogP contribution in [0.2, 0.25) is 5.02 Å². The molecule has 118 valence electrons. The summed E-state index contributed by atoms with van der Waals surface area (Å²) in [5.41, 5.74) is 0.911. The molecule has 0 saturated heterocycles. The van der Waals surface area contributed by atoms with Crippen LogP contribution in [0, 0.1) is 0 Å². The average Bonchev–Trinajstić information content (AvgIpc) is 3.06. The maximum atomic E-state index is 12.4. The van der Waals surface area contributed by atoms with E-state index in [1.54, 1.807) is 36.4 Å². The molecule has 0 fully saturated rings. The molecule has 24 heavy (non-hydrogen) atoms. The van der Waals surface area contributed by atoms with Crippen molar-refractivity contribution >= 4 is 22.5 Å². The van der Waals surface area contributed by atoms with Crippen molar-refractivity contribution in [1.29, 1.82) is 0 Å². The first-order valence-corrected chi connectivity index (χ1v) is 7.50. The van der Waals surface area contributed by atoms with Crippen LogP contribution in [-0.2, 0) is 6.54 Å². The Morgan fingerprint density at radius 1 is 1.00 bits per heavy atom. The maximum Gasteiger partial charge on any atom is 0.278 e. The Balaban J connectivity index is 1.69. The molecule has 2 heterocycles. The SMILES string of the molecule is O=c1c2ccccc2nnn1Cc1nnc(-c2ccccc2Cl)o1. The predicted octanol–water partition coefficient (Wildman–Crippen LogP) is 2.54. The Morgan fingerprint density at radius 3 is 2.67 bits per heavy atom. The average molecular weight is 340 g/mol. The Bertz CT molecular complexity index is 1090. The van der Waals surface area contributed by atoms with Crippen molar-refractivity contribution in [3.8, 4) is 11.5 Å².